The largest absolute Gasteiger partial charge is 0.496 e. The van der Waals surface area contributed by atoms with Gasteiger partial charge in [-0.25, -0.2) is 0 Å². The number of aliphatic hydroxyl groups excluding tert-OH is 1. The molecule has 0 spiro atoms. The number of rotatable bonds is 8. The number of carbonyl (C=O) groups is 1. The zero-order valence-electron chi connectivity index (χ0n) is 15.5. The summed E-state index contributed by atoms with van der Waals surface area (Å²) in [6.45, 7) is 4.65. The van der Waals surface area contributed by atoms with Crippen LogP contribution in [0.3, 0.4) is 0 Å². The van der Waals surface area contributed by atoms with Gasteiger partial charge in [0.1, 0.15) is 5.75 Å². The maximum Gasteiger partial charge on any atom is 0.223 e. The molecule has 0 bridgehead atoms. The van der Waals surface area contributed by atoms with E-state index >= 15 is 0 Å². The third-order valence-electron chi connectivity index (χ3n) is 4.52. The van der Waals surface area contributed by atoms with Crippen LogP contribution in [-0.2, 0) is 24.8 Å². The molecule has 0 saturated carbocycles. The van der Waals surface area contributed by atoms with Crippen LogP contribution < -0.4 is 4.74 Å². The van der Waals surface area contributed by atoms with Crippen molar-refractivity contribution in [1.29, 1.82) is 0 Å². The summed E-state index contributed by atoms with van der Waals surface area (Å²) in [6, 6.07) is 7.63. The number of nitrogens with zero attached hydrogens (tertiary/aromatic N) is 3. The summed E-state index contributed by atoms with van der Waals surface area (Å²) in [5.74, 6) is 0.764. The van der Waals surface area contributed by atoms with Crippen molar-refractivity contribution >= 4 is 5.91 Å². The van der Waals surface area contributed by atoms with Crippen molar-refractivity contribution in [2.45, 2.75) is 33.2 Å². The van der Waals surface area contributed by atoms with Gasteiger partial charge in [0.15, 0.2) is 0 Å². The van der Waals surface area contributed by atoms with Gasteiger partial charge in [0.25, 0.3) is 0 Å². The average molecular weight is 345 g/mol. The molecule has 136 valence electrons. The molecule has 1 heterocycles. The summed E-state index contributed by atoms with van der Waals surface area (Å²) in [5, 5.41) is 13.7. The third-order valence-corrected chi connectivity index (χ3v) is 4.52. The number of hydrogen-bond acceptors (Lipinski definition) is 4. The Morgan fingerprint density at radius 2 is 2.04 bits per heavy atom. The van der Waals surface area contributed by atoms with E-state index in [1.54, 1.807) is 12.0 Å². The number of carbonyl (C=O) groups excluding carboxylic acids is 1. The maximum atomic E-state index is 12.7. The molecule has 0 aliphatic rings. The van der Waals surface area contributed by atoms with Gasteiger partial charge in [-0.15, -0.1) is 0 Å². The zero-order valence-corrected chi connectivity index (χ0v) is 15.5. The molecular formula is C19H27N3O3. The second kappa shape index (κ2) is 8.67. The molecule has 6 nitrogen and oxygen atoms in total. The highest BCUT2D eigenvalue weighted by molar-refractivity contribution is 5.76. The SMILES string of the molecule is COc1ccccc1CN(CCO)C(=O)CCc1c(C)nn(C)c1C. The first-order valence-corrected chi connectivity index (χ1v) is 8.47. The van der Waals surface area contributed by atoms with Crippen molar-refractivity contribution in [2.24, 2.45) is 7.05 Å². The second-order valence-electron chi connectivity index (χ2n) is 6.12. The Bertz CT molecular complexity index is 725. The van der Waals surface area contributed by atoms with Crippen molar-refractivity contribution in [3.05, 3.63) is 46.8 Å². The number of para-hydroxylation sites is 1. The first-order valence-electron chi connectivity index (χ1n) is 8.47. The summed E-state index contributed by atoms with van der Waals surface area (Å²) in [5.41, 5.74) is 4.10. The lowest BCUT2D eigenvalue weighted by atomic mass is 10.1. The fourth-order valence-electron chi connectivity index (χ4n) is 3.02. The Labute approximate surface area is 149 Å². The van der Waals surface area contributed by atoms with Gasteiger partial charge in [-0.1, -0.05) is 18.2 Å². The van der Waals surface area contributed by atoms with E-state index in [1.807, 2.05) is 49.8 Å². The smallest absolute Gasteiger partial charge is 0.223 e. The highest BCUT2D eigenvalue weighted by Gasteiger charge is 2.17. The standard InChI is InChI=1S/C19H27N3O3/c1-14-17(15(2)21(3)20-14)9-10-19(24)22(11-12-23)13-16-7-5-6-8-18(16)25-4/h5-8,23H,9-13H2,1-4H3. The minimum absolute atomic E-state index is 0.0163. The third kappa shape index (κ3) is 4.60. The molecular weight excluding hydrogens is 318 g/mol. The number of benzene rings is 1. The fraction of sp³-hybridized carbons (Fsp3) is 0.474. The van der Waals surface area contributed by atoms with Crippen LogP contribution >= 0.6 is 0 Å². The number of methoxy groups -OCH3 is 1. The van der Waals surface area contributed by atoms with Crippen LogP contribution in [0, 0.1) is 13.8 Å². The number of ether oxygens (including phenoxy) is 1. The summed E-state index contributed by atoms with van der Waals surface area (Å²) in [7, 11) is 3.53. The minimum Gasteiger partial charge on any atom is -0.496 e. The molecule has 1 N–H and O–H groups in total. The Morgan fingerprint density at radius 3 is 2.64 bits per heavy atom. The Balaban J connectivity index is 2.07. The van der Waals surface area contributed by atoms with Crippen molar-refractivity contribution in [3.8, 4) is 5.75 Å². The van der Waals surface area contributed by atoms with Crippen LogP contribution in [0.1, 0.15) is 28.9 Å². The van der Waals surface area contributed by atoms with Crippen molar-refractivity contribution in [3.63, 3.8) is 0 Å². The predicted octanol–water partition coefficient (Wildman–Crippen LogP) is 2.00. The lowest BCUT2D eigenvalue weighted by Crippen LogP contribution is -2.33. The van der Waals surface area contributed by atoms with Gasteiger partial charge in [-0.3, -0.25) is 9.48 Å². The molecule has 0 aliphatic heterocycles. The van der Waals surface area contributed by atoms with Gasteiger partial charge in [0, 0.05) is 37.8 Å². The summed E-state index contributed by atoms with van der Waals surface area (Å²) < 4.78 is 7.20. The number of amides is 1. The Hall–Kier alpha value is -2.34. The highest BCUT2D eigenvalue weighted by Crippen LogP contribution is 2.20. The molecule has 0 saturated heterocycles. The lowest BCUT2D eigenvalue weighted by Gasteiger charge is -2.23. The molecule has 2 aromatic rings. The quantitative estimate of drug-likeness (QED) is 0.795. The highest BCUT2D eigenvalue weighted by atomic mass is 16.5. The zero-order chi connectivity index (χ0) is 18.4. The topological polar surface area (TPSA) is 67.6 Å². The number of aryl methyl sites for hydroxylation is 2. The van der Waals surface area contributed by atoms with E-state index in [2.05, 4.69) is 5.10 Å². The van der Waals surface area contributed by atoms with Crippen molar-refractivity contribution < 1.29 is 14.6 Å². The summed E-state index contributed by atoms with van der Waals surface area (Å²) in [6.07, 6.45) is 1.04. The predicted molar refractivity (Wildman–Crippen MR) is 96.5 cm³/mol. The molecule has 0 aliphatic carbocycles. The normalized spacial score (nSPS) is 10.8. The second-order valence-corrected chi connectivity index (χ2v) is 6.12. The molecule has 25 heavy (non-hydrogen) atoms. The van der Waals surface area contributed by atoms with Gasteiger partial charge in [0.05, 0.1) is 19.4 Å². The van der Waals surface area contributed by atoms with Crippen LogP contribution in [0.5, 0.6) is 5.75 Å². The van der Waals surface area contributed by atoms with Crippen LogP contribution in [0.15, 0.2) is 24.3 Å². The van der Waals surface area contributed by atoms with Gasteiger partial charge in [-0.05, 0) is 31.9 Å². The van der Waals surface area contributed by atoms with Crippen LogP contribution in [-0.4, -0.2) is 46.0 Å². The van der Waals surface area contributed by atoms with E-state index in [0.29, 0.717) is 25.9 Å². The van der Waals surface area contributed by atoms with Crippen LogP contribution in [0.4, 0.5) is 0 Å². The first kappa shape index (κ1) is 19.0. The lowest BCUT2D eigenvalue weighted by molar-refractivity contribution is -0.132. The molecule has 0 fully saturated rings. The molecule has 0 unspecified atom stereocenters. The van der Waals surface area contributed by atoms with Gasteiger partial charge in [0.2, 0.25) is 5.91 Å². The molecule has 6 heteroatoms. The molecule has 2 rings (SSSR count). The summed E-state index contributed by atoms with van der Waals surface area (Å²) in [4.78, 5) is 14.4. The Kier molecular flexibility index (Phi) is 6.58. The van der Waals surface area contributed by atoms with Gasteiger partial charge < -0.3 is 14.7 Å². The monoisotopic (exact) mass is 345 g/mol. The van der Waals surface area contributed by atoms with Crippen LogP contribution in [0.25, 0.3) is 0 Å². The van der Waals surface area contributed by atoms with E-state index < -0.39 is 0 Å². The van der Waals surface area contributed by atoms with Crippen LogP contribution in [0.2, 0.25) is 0 Å². The van der Waals surface area contributed by atoms with Crippen molar-refractivity contribution in [2.75, 3.05) is 20.3 Å². The number of aromatic nitrogens is 2. The molecule has 0 atom stereocenters. The average Bonchev–Trinajstić information content (AvgIpc) is 2.85. The molecule has 1 amide bonds. The van der Waals surface area contributed by atoms with Crippen molar-refractivity contribution in [1.82, 2.24) is 14.7 Å². The van der Waals surface area contributed by atoms with E-state index in [0.717, 1.165) is 28.3 Å². The number of hydrogen-bond donors (Lipinski definition) is 1. The van der Waals surface area contributed by atoms with E-state index in [1.165, 1.54) is 0 Å². The first-order chi connectivity index (χ1) is 12.0. The fourth-order valence-corrected chi connectivity index (χ4v) is 3.02. The van der Waals surface area contributed by atoms with Gasteiger partial charge in [-0.2, -0.15) is 5.10 Å². The van der Waals surface area contributed by atoms with Gasteiger partial charge >= 0.3 is 0 Å². The maximum absolute atomic E-state index is 12.7. The van der Waals surface area contributed by atoms with E-state index in [4.69, 9.17) is 4.74 Å². The summed E-state index contributed by atoms with van der Waals surface area (Å²) >= 11 is 0. The minimum atomic E-state index is -0.0637. The number of aliphatic hydroxyl groups is 1. The molecule has 1 aromatic carbocycles. The Morgan fingerprint density at radius 1 is 1.32 bits per heavy atom. The van der Waals surface area contributed by atoms with E-state index in [9.17, 15) is 9.90 Å². The molecule has 1 aromatic heterocycles. The molecule has 0 radical (unpaired) electrons. The van der Waals surface area contributed by atoms with E-state index in [-0.39, 0.29) is 12.5 Å².